The molecule has 2 N–H and O–H groups in total. The minimum Gasteiger partial charge on any atom is -0.396 e. The van der Waals surface area contributed by atoms with Crippen molar-refractivity contribution in [2.24, 2.45) is 5.41 Å². The molecule has 0 aromatic heterocycles. The molecule has 0 aliphatic heterocycles. The first-order chi connectivity index (χ1) is 7.85. The van der Waals surface area contributed by atoms with Gasteiger partial charge in [-0.1, -0.05) is 42.5 Å². The zero-order chi connectivity index (χ0) is 11.3. The number of aliphatic hydroxyl groups excluding tert-OH is 1. The molecule has 0 spiro atoms. The van der Waals surface area contributed by atoms with Gasteiger partial charge in [-0.3, -0.25) is 0 Å². The molecule has 1 aliphatic rings. The van der Waals surface area contributed by atoms with Gasteiger partial charge in [0.25, 0.3) is 0 Å². The van der Waals surface area contributed by atoms with Crippen molar-refractivity contribution in [2.45, 2.75) is 12.8 Å². The molecule has 0 bridgehead atoms. The van der Waals surface area contributed by atoms with Crippen LogP contribution in [0.1, 0.15) is 18.4 Å². The number of rotatable bonds is 6. The lowest BCUT2D eigenvalue weighted by Crippen LogP contribution is -2.26. The van der Waals surface area contributed by atoms with Crippen molar-refractivity contribution in [1.82, 2.24) is 5.32 Å². The van der Waals surface area contributed by atoms with Gasteiger partial charge < -0.3 is 10.4 Å². The second-order valence-electron chi connectivity index (χ2n) is 4.60. The van der Waals surface area contributed by atoms with Crippen molar-refractivity contribution >= 4 is 6.08 Å². The van der Waals surface area contributed by atoms with Crippen molar-refractivity contribution in [1.29, 1.82) is 0 Å². The third-order valence-electron chi connectivity index (χ3n) is 3.16. The van der Waals surface area contributed by atoms with Gasteiger partial charge in [-0.25, -0.2) is 0 Å². The minimum absolute atomic E-state index is 0.209. The SMILES string of the molecule is OCC1(CNCC=Cc2ccccc2)CC1. The van der Waals surface area contributed by atoms with E-state index in [0.717, 1.165) is 13.1 Å². The second kappa shape index (κ2) is 5.28. The monoisotopic (exact) mass is 217 g/mol. The van der Waals surface area contributed by atoms with E-state index in [1.807, 2.05) is 18.2 Å². The predicted octanol–water partition coefficient (Wildman–Crippen LogP) is 2.06. The first-order valence-corrected chi connectivity index (χ1v) is 5.88. The summed E-state index contributed by atoms with van der Waals surface area (Å²) in [7, 11) is 0. The van der Waals surface area contributed by atoms with E-state index in [1.165, 1.54) is 18.4 Å². The van der Waals surface area contributed by atoms with E-state index in [0.29, 0.717) is 6.61 Å². The number of nitrogens with one attached hydrogen (secondary N) is 1. The number of aliphatic hydroxyl groups is 1. The van der Waals surface area contributed by atoms with Crippen LogP contribution in [0.3, 0.4) is 0 Å². The second-order valence-corrected chi connectivity index (χ2v) is 4.60. The summed E-state index contributed by atoms with van der Waals surface area (Å²) in [5.41, 5.74) is 1.44. The molecule has 1 fully saturated rings. The van der Waals surface area contributed by atoms with Crippen molar-refractivity contribution in [3.8, 4) is 0 Å². The fourth-order valence-electron chi connectivity index (χ4n) is 1.75. The Morgan fingerprint density at radius 1 is 1.25 bits per heavy atom. The molecule has 0 radical (unpaired) electrons. The van der Waals surface area contributed by atoms with E-state index in [9.17, 15) is 0 Å². The van der Waals surface area contributed by atoms with Gasteiger partial charge in [-0.15, -0.1) is 0 Å². The molecule has 16 heavy (non-hydrogen) atoms. The molecular weight excluding hydrogens is 198 g/mol. The van der Waals surface area contributed by atoms with Crippen LogP contribution in [0.15, 0.2) is 36.4 Å². The topological polar surface area (TPSA) is 32.3 Å². The van der Waals surface area contributed by atoms with Gasteiger partial charge in [-0.2, -0.15) is 0 Å². The molecule has 1 aliphatic carbocycles. The molecule has 0 unspecified atom stereocenters. The quantitative estimate of drug-likeness (QED) is 0.715. The summed E-state index contributed by atoms with van der Waals surface area (Å²) in [6, 6.07) is 10.3. The zero-order valence-electron chi connectivity index (χ0n) is 9.52. The Labute approximate surface area is 97.0 Å². The highest BCUT2D eigenvalue weighted by Crippen LogP contribution is 2.44. The van der Waals surface area contributed by atoms with E-state index < -0.39 is 0 Å². The van der Waals surface area contributed by atoms with E-state index in [2.05, 4.69) is 29.6 Å². The summed E-state index contributed by atoms with van der Waals surface area (Å²) in [4.78, 5) is 0. The third-order valence-corrected chi connectivity index (χ3v) is 3.16. The summed E-state index contributed by atoms with van der Waals surface area (Å²) >= 11 is 0. The highest BCUT2D eigenvalue weighted by atomic mass is 16.3. The van der Waals surface area contributed by atoms with Crippen LogP contribution in [0.2, 0.25) is 0 Å². The molecule has 1 saturated carbocycles. The van der Waals surface area contributed by atoms with Crippen molar-refractivity contribution in [2.75, 3.05) is 19.7 Å². The summed E-state index contributed by atoms with van der Waals surface area (Å²) < 4.78 is 0. The lowest BCUT2D eigenvalue weighted by atomic mass is 10.1. The summed E-state index contributed by atoms with van der Waals surface area (Å²) in [6.07, 6.45) is 6.58. The number of hydrogen-bond acceptors (Lipinski definition) is 2. The molecule has 0 heterocycles. The first-order valence-electron chi connectivity index (χ1n) is 5.88. The zero-order valence-corrected chi connectivity index (χ0v) is 9.52. The Morgan fingerprint density at radius 3 is 2.62 bits per heavy atom. The molecular formula is C14H19NO. The Hall–Kier alpha value is -1.12. The fourth-order valence-corrected chi connectivity index (χ4v) is 1.75. The van der Waals surface area contributed by atoms with Crippen molar-refractivity contribution in [3.05, 3.63) is 42.0 Å². The van der Waals surface area contributed by atoms with E-state index >= 15 is 0 Å². The maximum Gasteiger partial charge on any atom is 0.0499 e. The van der Waals surface area contributed by atoms with Crippen LogP contribution in [0, 0.1) is 5.41 Å². The van der Waals surface area contributed by atoms with Crippen LogP contribution in [-0.4, -0.2) is 24.8 Å². The highest BCUT2D eigenvalue weighted by molar-refractivity contribution is 5.48. The standard InChI is InChI=1S/C14H19NO/c16-12-14(8-9-14)11-15-10-4-7-13-5-2-1-3-6-13/h1-7,15-16H,8-12H2. The molecule has 2 rings (SSSR count). The van der Waals surface area contributed by atoms with Gasteiger partial charge >= 0.3 is 0 Å². The predicted molar refractivity (Wildman–Crippen MR) is 67.1 cm³/mol. The van der Waals surface area contributed by atoms with Crippen LogP contribution in [0.5, 0.6) is 0 Å². The first kappa shape index (κ1) is 11.4. The average Bonchev–Trinajstić information content (AvgIpc) is 3.11. The van der Waals surface area contributed by atoms with Crippen LogP contribution < -0.4 is 5.32 Å². The molecule has 86 valence electrons. The maximum atomic E-state index is 9.13. The lowest BCUT2D eigenvalue weighted by molar-refractivity contribution is 0.209. The lowest BCUT2D eigenvalue weighted by Gasteiger charge is -2.10. The largest absolute Gasteiger partial charge is 0.396 e. The van der Waals surface area contributed by atoms with E-state index in [-0.39, 0.29) is 5.41 Å². The molecule has 2 heteroatoms. The molecule has 0 saturated heterocycles. The maximum absolute atomic E-state index is 9.13. The van der Waals surface area contributed by atoms with Gasteiger partial charge in [0.2, 0.25) is 0 Å². The summed E-state index contributed by atoms with van der Waals surface area (Å²) in [6.45, 7) is 2.13. The fraction of sp³-hybridized carbons (Fsp3) is 0.429. The van der Waals surface area contributed by atoms with Gasteiger partial charge in [0.1, 0.15) is 0 Å². The average molecular weight is 217 g/mol. The summed E-state index contributed by atoms with van der Waals surface area (Å²) in [5.74, 6) is 0. The van der Waals surface area contributed by atoms with Crippen molar-refractivity contribution in [3.63, 3.8) is 0 Å². The molecule has 0 amide bonds. The Morgan fingerprint density at radius 2 is 2.00 bits per heavy atom. The molecule has 0 atom stereocenters. The number of benzene rings is 1. The van der Waals surface area contributed by atoms with Crippen LogP contribution in [0.25, 0.3) is 6.08 Å². The third kappa shape index (κ3) is 3.19. The molecule has 2 nitrogen and oxygen atoms in total. The minimum atomic E-state index is 0.209. The van der Waals surface area contributed by atoms with Gasteiger partial charge in [0.15, 0.2) is 0 Å². The van der Waals surface area contributed by atoms with Gasteiger partial charge in [0.05, 0.1) is 0 Å². The van der Waals surface area contributed by atoms with Crippen LogP contribution >= 0.6 is 0 Å². The normalized spacial score (nSPS) is 17.8. The smallest absolute Gasteiger partial charge is 0.0499 e. The van der Waals surface area contributed by atoms with E-state index in [1.54, 1.807) is 0 Å². The van der Waals surface area contributed by atoms with Crippen LogP contribution in [0.4, 0.5) is 0 Å². The Balaban J connectivity index is 1.67. The summed E-state index contributed by atoms with van der Waals surface area (Å²) in [5, 5.41) is 12.5. The molecule has 1 aromatic carbocycles. The Kier molecular flexibility index (Phi) is 3.75. The Bertz CT molecular complexity index is 341. The van der Waals surface area contributed by atoms with Gasteiger partial charge in [0, 0.05) is 25.1 Å². The van der Waals surface area contributed by atoms with Crippen LogP contribution in [-0.2, 0) is 0 Å². The molecule has 1 aromatic rings. The van der Waals surface area contributed by atoms with E-state index in [4.69, 9.17) is 5.11 Å². The van der Waals surface area contributed by atoms with Crippen molar-refractivity contribution < 1.29 is 5.11 Å². The highest BCUT2D eigenvalue weighted by Gasteiger charge is 2.41. The number of hydrogen-bond donors (Lipinski definition) is 2. The van der Waals surface area contributed by atoms with Gasteiger partial charge in [-0.05, 0) is 18.4 Å².